The molecule has 3 heterocycles. The maximum Gasteiger partial charge on any atom is 0.333 e. The van der Waals surface area contributed by atoms with Crippen LogP contribution < -0.4 is 20.6 Å². The molecule has 0 spiro atoms. The largest absolute Gasteiger partial charge is 0.376 e. The molecule has 0 bridgehead atoms. The number of benzene rings is 6. The van der Waals surface area contributed by atoms with Crippen molar-refractivity contribution in [1.82, 2.24) is 0 Å². The summed E-state index contributed by atoms with van der Waals surface area (Å²) >= 11 is 1.81. The number of fused-ring (bicyclic) bond motifs is 5. The summed E-state index contributed by atoms with van der Waals surface area (Å²) in [5, 5.41) is 3.52. The zero-order valence-corrected chi connectivity index (χ0v) is 23.6. The minimum absolute atomic E-state index is 0.0146. The summed E-state index contributed by atoms with van der Waals surface area (Å²) in [5.41, 5.74) is 13.8. The standard InChI is InChI=1S/C38H25BN2S/c1-3-12-26(13-4-1)37-30-24-25-42-36(30)23-22-34(37)41-32-19-9-7-16-28(32)29-17-11-21-35-38(29)39(41)31-18-8-10-20-33(31)40(35)27-14-5-2-6-15-27/h1-25H. The van der Waals surface area contributed by atoms with Crippen molar-refractivity contribution in [3.05, 3.63) is 151 Å². The topological polar surface area (TPSA) is 6.48 Å². The lowest BCUT2D eigenvalue weighted by molar-refractivity contribution is 1.27. The molecule has 0 unspecified atom stereocenters. The molecule has 6 aromatic carbocycles. The molecule has 9 rings (SSSR count). The van der Waals surface area contributed by atoms with Crippen LogP contribution in [-0.2, 0) is 0 Å². The quantitative estimate of drug-likeness (QED) is 0.202. The summed E-state index contributed by atoms with van der Waals surface area (Å²) in [7, 11) is 0. The molecule has 0 atom stereocenters. The first-order valence-corrected chi connectivity index (χ1v) is 15.3. The van der Waals surface area contributed by atoms with Crippen LogP contribution in [0.5, 0.6) is 0 Å². The first-order valence-electron chi connectivity index (χ1n) is 14.4. The van der Waals surface area contributed by atoms with Gasteiger partial charge in [-0.25, -0.2) is 0 Å². The van der Waals surface area contributed by atoms with E-state index in [1.165, 1.54) is 71.7 Å². The maximum absolute atomic E-state index is 2.61. The van der Waals surface area contributed by atoms with Crippen molar-refractivity contribution in [2.45, 2.75) is 0 Å². The van der Waals surface area contributed by atoms with Crippen molar-refractivity contribution in [2.24, 2.45) is 0 Å². The number of anilines is 5. The number of para-hydroxylation sites is 3. The highest BCUT2D eigenvalue weighted by Gasteiger charge is 2.45. The van der Waals surface area contributed by atoms with E-state index in [4.69, 9.17) is 0 Å². The Morgan fingerprint density at radius 1 is 0.500 bits per heavy atom. The van der Waals surface area contributed by atoms with Gasteiger partial charge >= 0.3 is 6.85 Å². The number of thiophene rings is 1. The predicted molar refractivity (Wildman–Crippen MR) is 181 cm³/mol. The maximum atomic E-state index is 2.61. The minimum atomic E-state index is 0.0146. The third-order valence-corrected chi connectivity index (χ3v) is 9.61. The first kappa shape index (κ1) is 23.6. The van der Waals surface area contributed by atoms with Crippen molar-refractivity contribution >= 4 is 67.6 Å². The number of hydrogen-bond donors (Lipinski definition) is 0. The molecule has 0 fully saturated rings. The second kappa shape index (κ2) is 9.23. The van der Waals surface area contributed by atoms with Crippen LogP contribution in [0, 0.1) is 0 Å². The molecule has 0 saturated carbocycles. The van der Waals surface area contributed by atoms with Gasteiger partial charge in [0.1, 0.15) is 0 Å². The molecule has 0 amide bonds. The highest BCUT2D eigenvalue weighted by Crippen LogP contribution is 2.49. The fourth-order valence-electron chi connectivity index (χ4n) is 7.06. The fraction of sp³-hybridized carbons (Fsp3) is 0. The Morgan fingerprint density at radius 2 is 1.19 bits per heavy atom. The molecule has 0 N–H and O–H groups in total. The molecular weight excluding hydrogens is 527 g/mol. The Morgan fingerprint density at radius 3 is 2.05 bits per heavy atom. The average Bonchev–Trinajstić information content (AvgIpc) is 3.54. The summed E-state index contributed by atoms with van der Waals surface area (Å²) in [6.45, 7) is 0.0146. The van der Waals surface area contributed by atoms with Crippen molar-refractivity contribution < 1.29 is 0 Å². The first-order chi connectivity index (χ1) is 20.9. The lowest BCUT2D eigenvalue weighted by Crippen LogP contribution is -2.61. The molecule has 0 saturated heterocycles. The van der Waals surface area contributed by atoms with Gasteiger partial charge in [-0.15, -0.1) is 11.3 Å². The Balaban J connectivity index is 1.40. The summed E-state index contributed by atoms with van der Waals surface area (Å²) in [6.07, 6.45) is 0. The summed E-state index contributed by atoms with van der Waals surface area (Å²) < 4.78 is 1.31. The van der Waals surface area contributed by atoms with E-state index in [-0.39, 0.29) is 6.85 Å². The molecular formula is C38H25BN2S. The van der Waals surface area contributed by atoms with Gasteiger partial charge < -0.3 is 9.71 Å². The van der Waals surface area contributed by atoms with Gasteiger partial charge in [-0.05, 0) is 76.0 Å². The van der Waals surface area contributed by atoms with Crippen LogP contribution >= 0.6 is 11.3 Å². The van der Waals surface area contributed by atoms with Crippen molar-refractivity contribution in [3.63, 3.8) is 0 Å². The third kappa shape index (κ3) is 3.33. The molecule has 7 aromatic rings. The summed E-state index contributed by atoms with van der Waals surface area (Å²) in [4.78, 5) is 5.05. The molecule has 42 heavy (non-hydrogen) atoms. The fourth-order valence-corrected chi connectivity index (χ4v) is 7.86. The summed E-state index contributed by atoms with van der Waals surface area (Å²) in [6, 6.07) is 53.3. The second-order valence-electron chi connectivity index (χ2n) is 10.9. The van der Waals surface area contributed by atoms with Crippen LogP contribution in [0.1, 0.15) is 0 Å². The molecule has 0 aliphatic carbocycles. The normalized spacial score (nSPS) is 13.1. The lowest BCUT2D eigenvalue weighted by atomic mass is 9.43. The van der Waals surface area contributed by atoms with Crippen LogP contribution in [0.15, 0.2) is 151 Å². The average molecular weight is 553 g/mol. The highest BCUT2D eigenvalue weighted by atomic mass is 32.1. The highest BCUT2D eigenvalue weighted by molar-refractivity contribution is 7.17. The van der Waals surface area contributed by atoms with E-state index in [0.29, 0.717) is 0 Å². The van der Waals surface area contributed by atoms with Crippen molar-refractivity contribution in [3.8, 4) is 22.3 Å². The molecule has 1 aromatic heterocycles. The molecule has 2 aliphatic heterocycles. The Bertz CT molecular complexity index is 2120. The number of hydrogen-bond acceptors (Lipinski definition) is 3. The van der Waals surface area contributed by atoms with Gasteiger partial charge in [0.05, 0.1) is 0 Å². The van der Waals surface area contributed by atoms with Gasteiger partial charge in [-0.1, -0.05) is 97.1 Å². The smallest absolute Gasteiger partial charge is 0.333 e. The van der Waals surface area contributed by atoms with E-state index in [1.54, 1.807) is 0 Å². The SMILES string of the molecule is c1ccc(-c2c(N3B4c5ccccc5N(c5ccccc5)c5cccc(c54)-c4ccccc43)ccc3sccc23)cc1. The Hall–Kier alpha value is -5.06. The second-order valence-corrected chi connectivity index (χ2v) is 11.9. The van der Waals surface area contributed by atoms with E-state index >= 15 is 0 Å². The van der Waals surface area contributed by atoms with E-state index in [2.05, 4.69) is 161 Å². The van der Waals surface area contributed by atoms with Crippen molar-refractivity contribution in [2.75, 3.05) is 9.71 Å². The monoisotopic (exact) mass is 552 g/mol. The van der Waals surface area contributed by atoms with Crippen LogP contribution in [0.3, 0.4) is 0 Å². The lowest BCUT2D eigenvalue weighted by Gasteiger charge is -2.46. The van der Waals surface area contributed by atoms with E-state index in [9.17, 15) is 0 Å². The van der Waals surface area contributed by atoms with E-state index in [0.717, 1.165) is 0 Å². The van der Waals surface area contributed by atoms with Crippen LogP contribution in [0.4, 0.5) is 28.4 Å². The van der Waals surface area contributed by atoms with Gasteiger partial charge in [-0.3, -0.25) is 0 Å². The molecule has 196 valence electrons. The number of nitrogens with zero attached hydrogens (tertiary/aromatic N) is 2. The van der Waals surface area contributed by atoms with Gasteiger partial charge in [-0.2, -0.15) is 0 Å². The van der Waals surface area contributed by atoms with Crippen molar-refractivity contribution in [1.29, 1.82) is 0 Å². The zero-order chi connectivity index (χ0) is 27.6. The molecule has 0 radical (unpaired) electrons. The van der Waals surface area contributed by atoms with Crippen LogP contribution in [0.25, 0.3) is 32.3 Å². The molecule has 2 nitrogen and oxygen atoms in total. The zero-order valence-electron chi connectivity index (χ0n) is 22.8. The van der Waals surface area contributed by atoms with Gasteiger partial charge in [0, 0.05) is 49.6 Å². The minimum Gasteiger partial charge on any atom is -0.376 e. The molecule has 2 aliphatic rings. The molecule has 4 heteroatoms. The Labute approximate surface area is 249 Å². The third-order valence-electron chi connectivity index (χ3n) is 8.73. The van der Waals surface area contributed by atoms with Crippen LogP contribution in [-0.4, -0.2) is 6.85 Å². The van der Waals surface area contributed by atoms with Gasteiger partial charge in [0.25, 0.3) is 0 Å². The predicted octanol–water partition coefficient (Wildman–Crippen LogP) is 9.28. The Kier molecular flexibility index (Phi) is 5.20. The van der Waals surface area contributed by atoms with Gasteiger partial charge in [0.15, 0.2) is 0 Å². The van der Waals surface area contributed by atoms with Crippen LogP contribution in [0.2, 0.25) is 0 Å². The van der Waals surface area contributed by atoms with Gasteiger partial charge in [0.2, 0.25) is 0 Å². The van der Waals surface area contributed by atoms with E-state index in [1.807, 2.05) is 11.3 Å². The number of rotatable bonds is 3. The summed E-state index contributed by atoms with van der Waals surface area (Å²) in [5.74, 6) is 0. The van der Waals surface area contributed by atoms with E-state index < -0.39 is 0 Å².